The Bertz CT molecular complexity index is 265. The lowest BCUT2D eigenvalue weighted by Crippen LogP contribution is -2.08. The molecule has 1 aromatic rings. The standard InChI is InChI=1S/C12H20N2O/c15-12(11-8-13-14-9-11)7-6-10-4-2-1-3-5-10/h8-10,12,15H,1-7H2,(H,13,14). The lowest BCUT2D eigenvalue weighted by Gasteiger charge is -2.22. The highest BCUT2D eigenvalue weighted by molar-refractivity contribution is 5.06. The van der Waals surface area contributed by atoms with Crippen molar-refractivity contribution in [2.75, 3.05) is 0 Å². The molecule has 84 valence electrons. The molecule has 15 heavy (non-hydrogen) atoms. The molecule has 0 saturated heterocycles. The molecule has 1 aliphatic carbocycles. The summed E-state index contributed by atoms with van der Waals surface area (Å²) >= 11 is 0. The molecular weight excluding hydrogens is 188 g/mol. The van der Waals surface area contributed by atoms with Gasteiger partial charge >= 0.3 is 0 Å². The summed E-state index contributed by atoms with van der Waals surface area (Å²) in [5, 5.41) is 16.5. The third-order valence-corrected chi connectivity index (χ3v) is 3.48. The van der Waals surface area contributed by atoms with Gasteiger partial charge in [0.1, 0.15) is 0 Å². The van der Waals surface area contributed by atoms with Crippen molar-refractivity contribution in [3.8, 4) is 0 Å². The molecule has 0 bridgehead atoms. The van der Waals surface area contributed by atoms with Gasteiger partial charge in [0.05, 0.1) is 12.3 Å². The maximum atomic E-state index is 9.88. The number of aromatic amines is 1. The Balaban J connectivity index is 1.73. The molecule has 0 radical (unpaired) electrons. The average Bonchev–Trinajstić information content (AvgIpc) is 2.81. The minimum Gasteiger partial charge on any atom is -0.388 e. The molecule has 1 fully saturated rings. The van der Waals surface area contributed by atoms with Crippen molar-refractivity contribution in [3.63, 3.8) is 0 Å². The third kappa shape index (κ3) is 3.06. The van der Waals surface area contributed by atoms with Crippen LogP contribution in [0.1, 0.15) is 56.6 Å². The fraction of sp³-hybridized carbons (Fsp3) is 0.750. The molecule has 1 unspecified atom stereocenters. The van der Waals surface area contributed by atoms with Gasteiger partial charge in [-0.05, 0) is 18.8 Å². The van der Waals surface area contributed by atoms with Crippen molar-refractivity contribution in [2.24, 2.45) is 5.92 Å². The number of rotatable bonds is 4. The van der Waals surface area contributed by atoms with E-state index in [1.165, 1.54) is 32.1 Å². The molecule has 1 saturated carbocycles. The molecule has 1 atom stereocenters. The quantitative estimate of drug-likeness (QED) is 0.799. The van der Waals surface area contributed by atoms with Crippen molar-refractivity contribution in [1.82, 2.24) is 10.2 Å². The minimum absolute atomic E-state index is 0.328. The largest absolute Gasteiger partial charge is 0.388 e. The number of nitrogens with one attached hydrogen (secondary N) is 1. The second-order valence-electron chi connectivity index (χ2n) is 4.63. The van der Waals surface area contributed by atoms with E-state index in [0.717, 1.165) is 24.3 Å². The second-order valence-corrected chi connectivity index (χ2v) is 4.63. The number of H-pyrrole nitrogens is 1. The average molecular weight is 208 g/mol. The summed E-state index contributed by atoms with van der Waals surface area (Å²) in [4.78, 5) is 0. The Labute approximate surface area is 90.9 Å². The second kappa shape index (κ2) is 5.31. The van der Waals surface area contributed by atoms with E-state index < -0.39 is 0 Å². The number of hydrogen-bond acceptors (Lipinski definition) is 2. The van der Waals surface area contributed by atoms with Crippen LogP contribution >= 0.6 is 0 Å². The summed E-state index contributed by atoms with van der Waals surface area (Å²) in [5.41, 5.74) is 0.922. The van der Waals surface area contributed by atoms with Crippen molar-refractivity contribution in [2.45, 2.75) is 51.0 Å². The molecule has 0 amide bonds. The van der Waals surface area contributed by atoms with Gasteiger partial charge < -0.3 is 5.11 Å². The smallest absolute Gasteiger partial charge is 0.0820 e. The zero-order valence-corrected chi connectivity index (χ0v) is 9.15. The molecular formula is C12H20N2O. The summed E-state index contributed by atoms with van der Waals surface area (Å²) < 4.78 is 0. The van der Waals surface area contributed by atoms with E-state index in [1.54, 1.807) is 12.4 Å². The molecule has 0 spiro atoms. The first-order chi connectivity index (χ1) is 7.36. The molecule has 3 heteroatoms. The monoisotopic (exact) mass is 208 g/mol. The lowest BCUT2D eigenvalue weighted by molar-refractivity contribution is 0.151. The third-order valence-electron chi connectivity index (χ3n) is 3.48. The Morgan fingerprint density at radius 2 is 2.20 bits per heavy atom. The number of hydrogen-bond donors (Lipinski definition) is 2. The van der Waals surface area contributed by atoms with E-state index in [9.17, 15) is 5.11 Å². The fourth-order valence-electron chi connectivity index (χ4n) is 2.48. The zero-order chi connectivity index (χ0) is 10.5. The summed E-state index contributed by atoms with van der Waals surface area (Å²) in [7, 11) is 0. The summed E-state index contributed by atoms with van der Waals surface area (Å²) in [6, 6.07) is 0. The van der Waals surface area contributed by atoms with Gasteiger partial charge in [-0.25, -0.2) is 0 Å². The van der Waals surface area contributed by atoms with Gasteiger partial charge in [0.15, 0.2) is 0 Å². The summed E-state index contributed by atoms with van der Waals surface area (Å²) in [5.74, 6) is 0.848. The highest BCUT2D eigenvalue weighted by Gasteiger charge is 2.16. The van der Waals surface area contributed by atoms with Gasteiger partial charge in [0.2, 0.25) is 0 Å². The number of nitrogens with zero attached hydrogens (tertiary/aromatic N) is 1. The Kier molecular flexibility index (Phi) is 3.78. The Morgan fingerprint density at radius 1 is 1.40 bits per heavy atom. The van der Waals surface area contributed by atoms with Gasteiger partial charge in [-0.1, -0.05) is 32.1 Å². The first-order valence-electron chi connectivity index (χ1n) is 6.03. The molecule has 3 nitrogen and oxygen atoms in total. The van der Waals surface area contributed by atoms with Crippen LogP contribution in [-0.4, -0.2) is 15.3 Å². The van der Waals surface area contributed by atoms with Crippen molar-refractivity contribution in [1.29, 1.82) is 0 Å². The minimum atomic E-state index is -0.328. The number of aliphatic hydroxyl groups is 1. The summed E-state index contributed by atoms with van der Waals surface area (Å²) in [6.07, 6.45) is 12.1. The molecule has 2 rings (SSSR count). The predicted molar refractivity (Wildman–Crippen MR) is 59.4 cm³/mol. The van der Waals surface area contributed by atoms with E-state index in [1.807, 2.05) is 0 Å². The van der Waals surface area contributed by atoms with Crippen LogP contribution < -0.4 is 0 Å². The first-order valence-corrected chi connectivity index (χ1v) is 6.03. The van der Waals surface area contributed by atoms with Gasteiger partial charge in [-0.3, -0.25) is 5.10 Å². The molecule has 1 heterocycles. The molecule has 1 aliphatic rings. The van der Waals surface area contributed by atoms with Crippen LogP contribution in [0.15, 0.2) is 12.4 Å². The topological polar surface area (TPSA) is 48.9 Å². The van der Waals surface area contributed by atoms with Gasteiger partial charge in [0, 0.05) is 11.8 Å². The van der Waals surface area contributed by atoms with Crippen LogP contribution in [0.2, 0.25) is 0 Å². The Morgan fingerprint density at radius 3 is 2.87 bits per heavy atom. The predicted octanol–water partition coefficient (Wildman–Crippen LogP) is 2.80. The van der Waals surface area contributed by atoms with Crippen LogP contribution in [0.4, 0.5) is 0 Å². The zero-order valence-electron chi connectivity index (χ0n) is 9.15. The highest BCUT2D eigenvalue weighted by atomic mass is 16.3. The maximum Gasteiger partial charge on any atom is 0.0820 e. The van der Waals surface area contributed by atoms with Crippen molar-refractivity contribution < 1.29 is 5.11 Å². The highest BCUT2D eigenvalue weighted by Crippen LogP contribution is 2.29. The maximum absolute atomic E-state index is 9.88. The lowest BCUT2D eigenvalue weighted by atomic mass is 9.85. The molecule has 0 aromatic carbocycles. The van der Waals surface area contributed by atoms with Crippen molar-refractivity contribution in [3.05, 3.63) is 18.0 Å². The van der Waals surface area contributed by atoms with E-state index in [-0.39, 0.29) is 6.10 Å². The van der Waals surface area contributed by atoms with E-state index in [0.29, 0.717) is 0 Å². The molecule has 1 aromatic heterocycles. The number of aromatic nitrogens is 2. The van der Waals surface area contributed by atoms with Crippen molar-refractivity contribution >= 4 is 0 Å². The first kappa shape index (κ1) is 10.7. The van der Waals surface area contributed by atoms with E-state index >= 15 is 0 Å². The van der Waals surface area contributed by atoms with Crippen LogP contribution in [0.25, 0.3) is 0 Å². The van der Waals surface area contributed by atoms with E-state index in [4.69, 9.17) is 0 Å². The van der Waals surface area contributed by atoms with Gasteiger partial charge in [-0.2, -0.15) is 5.10 Å². The van der Waals surface area contributed by atoms with Crippen LogP contribution in [0, 0.1) is 5.92 Å². The fourth-order valence-corrected chi connectivity index (χ4v) is 2.48. The van der Waals surface area contributed by atoms with E-state index in [2.05, 4.69) is 10.2 Å². The van der Waals surface area contributed by atoms with Gasteiger partial charge in [-0.15, -0.1) is 0 Å². The van der Waals surface area contributed by atoms with Crippen LogP contribution in [0.3, 0.4) is 0 Å². The molecule has 0 aliphatic heterocycles. The van der Waals surface area contributed by atoms with Crippen LogP contribution in [0.5, 0.6) is 0 Å². The Hall–Kier alpha value is -0.830. The number of aliphatic hydroxyl groups excluding tert-OH is 1. The van der Waals surface area contributed by atoms with Crippen LogP contribution in [-0.2, 0) is 0 Å². The van der Waals surface area contributed by atoms with Gasteiger partial charge in [0.25, 0.3) is 0 Å². The normalized spacial score (nSPS) is 20.3. The SMILES string of the molecule is OC(CCC1CCCCC1)c1cn[nH]c1. The molecule has 2 N–H and O–H groups in total. The summed E-state index contributed by atoms with van der Waals surface area (Å²) in [6.45, 7) is 0.